The number of carbonyl (C=O) groups excluding carboxylic acids is 1. The third kappa shape index (κ3) is 1.85. The second-order valence-electron chi connectivity index (χ2n) is 7.08. The first-order valence-corrected chi connectivity index (χ1v) is 7.32. The van der Waals surface area contributed by atoms with Gasteiger partial charge in [0.05, 0.1) is 5.60 Å². The second kappa shape index (κ2) is 4.08. The van der Waals surface area contributed by atoms with Crippen molar-refractivity contribution >= 4 is 5.97 Å². The molecule has 0 saturated heterocycles. The molecule has 4 rings (SSSR count). The molecule has 4 fully saturated rings. The van der Waals surface area contributed by atoms with Gasteiger partial charge in [-0.3, -0.25) is 0 Å². The molecule has 106 valence electrons. The van der Waals surface area contributed by atoms with Crippen molar-refractivity contribution in [3.05, 3.63) is 12.2 Å². The monoisotopic (exact) mass is 264 g/mol. The molecule has 4 aliphatic rings. The summed E-state index contributed by atoms with van der Waals surface area (Å²) in [6.07, 6.45) is 5.64. The second-order valence-corrected chi connectivity index (χ2v) is 7.08. The summed E-state index contributed by atoms with van der Waals surface area (Å²) in [6, 6.07) is 0. The fourth-order valence-corrected chi connectivity index (χ4v) is 4.82. The zero-order valence-electron chi connectivity index (χ0n) is 12.2. The molecular weight excluding hydrogens is 240 g/mol. The van der Waals surface area contributed by atoms with E-state index in [-0.39, 0.29) is 17.2 Å². The standard InChI is InChI=1S/C16H24O3/c1-10(2)14(17)19-15(3)12-5-11-6-13(15)9-16(7-11,8-12)18-4/h11-13H,1,5-9H2,2-4H3. The molecule has 2 unspecified atom stereocenters. The van der Waals surface area contributed by atoms with Crippen molar-refractivity contribution in [3.8, 4) is 0 Å². The van der Waals surface area contributed by atoms with Crippen molar-refractivity contribution in [3.63, 3.8) is 0 Å². The molecular formula is C16H24O3. The van der Waals surface area contributed by atoms with Gasteiger partial charge in [0.25, 0.3) is 0 Å². The topological polar surface area (TPSA) is 35.5 Å². The van der Waals surface area contributed by atoms with Crippen LogP contribution in [0.2, 0.25) is 0 Å². The number of hydrogen-bond acceptors (Lipinski definition) is 3. The molecule has 0 aliphatic heterocycles. The van der Waals surface area contributed by atoms with Gasteiger partial charge in [-0.15, -0.1) is 0 Å². The summed E-state index contributed by atoms with van der Waals surface area (Å²) in [5, 5.41) is 0. The van der Waals surface area contributed by atoms with E-state index in [0.717, 1.165) is 18.8 Å². The van der Waals surface area contributed by atoms with Gasteiger partial charge in [0.1, 0.15) is 5.60 Å². The minimum Gasteiger partial charge on any atom is -0.455 e. The van der Waals surface area contributed by atoms with Crippen LogP contribution in [0, 0.1) is 17.8 Å². The van der Waals surface area contributed by atoms with Crippen molar-refractivity contribution in [1.29, 1.82) is 0 Å². The SMILES string of the molecule is C=C(C)C(=O)OC1(C)C2CC3CC1CC(OC)(C3)C2. The van der Waals surface area contributed by atoms with Gasteiger partial charge in [-0.05, 0) is 51.9 Å². The van der Waals surface area contributed by atoms with Crippen molar-refractivity contribution in [2.24, 2.45) is 17.8 Å². The summed E-state index contributed by atoms with van der Waals surface area (Å²) in [5.74, 6) is 1.42. The zero-order valence-corrected chi connectivity index (χ0v) is 12.2. The van der Waals surface area contributed by atoms with Gasteiger partial charge in [-0.2, -0.15) is 0 Å². The third-order valence-electron chi connectivity index (χ3n) is 5.85. The van der Waals surface area contributed by atoms with Gasteiger partial charge < -0.3 is 9.47 Å². The fourth-order valence-electron chi connectivity index (χ4n) is 4.82. The highest BCUT2D eigenvalue weighted by atomic mass is 16.6. The summed E-state index contributed by atoms with van der Waals surface area (Å²) in [5.41, 5.74) is 0.247. The van der Waals surface area contributed by atoms with E-state index in [1.54, 1.807) is 6.92 Å². The minimum absolute atomic E-state index is 0.0612. The van der Waals surface area contributed by atoms with Crippen LogP contribution in [0.15, 0.2) is 12.2 Å². The molecule has 0 spiro atoms. The van der Waals surface area contributed by atoms with Crippen LogP contribution in [-0.4, -0.2) is 24.3 Å². The molecule has 3 nitrogen and oxygen atoms in total. The van der Waals surface area contributed by atoms with Crippen LogP contribution in [0.1, 0.15) is 46.0 Å². The predicted molar refractivity (Wildman–Crippen MR) is 72.6 cm³/mol. The summed E-state index contributed by atoms with van der Waals surface area (Å²) >= 11 is 0. The Morgan fingerprint density at radius 1 is 1.21 bits per heavy atom. The van der Waals surface area contributed by atoms with Gasteiger partial charge in [0.2, 0.25) is 0 Å². The Labute approximate surface area is 115 Å². The molecule has 4 bridgehead atoms. The first-order chi connectivity index (χ1) is 8.88. The zero-order chi connectivity index (χ0) is 13.8. The number of carbonyl (C=O) groups is 1. The lowest BCUT2D eigenvalue weighted by molar-refractivity contribution is -0.239. The normalized spacial score (nSPS) is 47.2. The molecule has 0 radical (unpaired) electrons. The first-order valence-electron chi connectivity index (χ1n) is 7.32. The van der Waals surface area contributed by atoms with Crippen LogP contribution in [0.5, 0.6) is 0 Å². The summed E-state index contributed by atoms with van der Waals surface area (Å²) in [7, 11) is 1.84. The van der Waals surface area contributed by atoms with E-state index in [1.807, 2.05) is 7.11 Å². The molecule has 19 heavy (non-hydrogen) atoms. The number of esters is 1. The van der Waals surface area contributed by atoms with E-state index >= 15 is 0 Å². The molecule has 0 heterocycles. The lowest BCUT2D eigenvalue weighted by Crippen LogP contribution is -2.64. The predicted octanol–water partition coefficient (Wildman–Crippen LogP) is 3.09. The molecule has 0 amide bonds. The first kappa shape index (κ1) is 13.2. The number of rotatable bonds is 3. The van der Waals surface area contributed by atoms with Crippen molar-refractivity contribution < 1.29 is 14.3 Å². The average molecular weight is 264 g/mol. The Bertz CT molecular complexity index is 410. The number of ether oxygens (including phenoxy) is 2. The Balaban J connectivity index is 1.85. The maximum atomic E-state index is 11.9. The third-order valence-corrected chi connectivity index (χ3v) is 5.85. The van der Waals surface area contributed by atoms with Gasteiger partial charge in [-0.25, -0.2) is 4.79 Å². The van der Waals surface area contributed by atoms with Crippen LogP contribution < -0.4 is 0 Å². The highest BCUT2D eigenvalue weighted by molar-refractivity contribution is 5.87. The maximum Gasteiger partial charge on any atom is 0.333 e. The number of hydrogen-bond donors (Lipinski definition) is 0. The van der Waals surface area contributed by atoms with Crippen LogP contribution >= 0.6 is 0 Å². The quantitative estimate of drug-likeness (QED) is 0.580. The lowest BCUT2D eigenvalue weighted by Gasteiger charge is -2.62. The summed E-state index contributed by atoms with van der Waals surface area (Å²) < 4.78 is 11.7. The molecule has 2 atom stereocenters. The summed E-state index contributed by atoms with van der Waals surface area (Å²) in [6.45, 7) is 7.55. The maximum absolute atomic E-state index is 11.9. The van der Waals surface area contributed by atoms with Crippen molar-refractivity contribution in [1.82, 2.24) is 0 Å². The highest BCUT2D eigenvalue weighted by Gasteiger charge is 2.62. The van der Waals surface area contributed by atoms with Crippen molar-refractivity contribution in [2.75, 3.05) is 7.11 Å². The van der Waals surface area contributed by atoms with Crippen LogP contribution in [0.3, 0.4) is 0 Å². The molecule has 0 aromatic rings. The van der Waals surface area contributed by atoms with E-state index in [9.17, 15) is 4.79 Å². The molecule has 0 N–H and O–H groups in total. The highest BCUT2D eigenvalue weighted by Crippen LogP contribution is 2.62. The van der Waals surface area contributed by atoms with Gasteiger partial charge in [-0.1, -0.05) is 6.58 Å². The molecule has 0 aromatic heterocycles. The molecule has 0 aromatic carbocycles. The van der Waals surface area contributed by atoms with Gasteiger partial charge in [0.15, 0.2) is 0 Å². The smallest absolute Gasteiger partial charge is 0.333 e. The molecule has 3 heteroatoms. The molecule has 4 saturated carbocycles. The Kier molecular flexibility index (Phi) is 2.83. The average Bonchev–Trinajstić information content (AvgIpc) is 2.35. The van der Waals surface area contributed by atoms with Gasteiger partial charge in [0, 0.05) is 24.5 Å². The van der Waals surface area contributed by atoms with Crippen molar-refractivity contribution in [2.45, 2.75) is 57.2 Å². The van der Waals surface area contributed by atoms with E-state index in [4.69, 9.17) is 9.47 Å². The summed E-state index contributed by atoms with van der Waals surface area (Å²) in [4.78, 5) is 11.9. The van der Waals surface area contributed by atoms with Gasteiger partial charge >= 0.3 is 5.97 Å². The Hall–Kier alpha value is -0.830. The minimum atomic E-state index is -0.311. The van der Waals surface area contributed by atoms with Crippen LogP contribution in [-0.2, 0) is 14.3 Å². The number of methoxy groups -OCH3 is 1. The van der Waals surface area contributed by atoms with Crippen LogP contribution in [0.4, 0.5) is 0 Å². The fraction of sp³-hybridized carbons (Fsp3) is 0.812. The Morgan fingerprint density at radius 3 is 2.26 bits per heavy atom. The van der Waals surface area contributed by atoms with E-state index in [2.05, 4.69) is 13.5 Å². The van der Waals surface area contributed by atoms with E-state index in [0.29, 0.717) is 17.4 Å². The van der Waals surface area contributed by atoms with Crippen LogP contribution in [0.25, 0.3) is 0 Å². The van der Waals surface area contributed by atoms with E-state index < -0.39 is 0 Å². The lowest BCUT2D eigenvalue weighted by atomic mass is 9.48. The largest absolute Gasteiger partial charge is 0.455 e. The Morgan fingerprint density at radius 2 is 1.79 bits per heavy atom. The molecule has 4 aliphatic carbocycles. The van der Waals surface area contributed by atoms with E-state index in [1.165, 1.54) is 19.3 Å².